The third-order valence-electron chi connectivity index (χ3n) is 2.98. The van der Waals surface area contributed by atoms with Gasteiger partial charge in [0.05, 0.1) is 6.61 Å². The topological polar surface area (TPSA) is 38.3 Å². The summed E-state index contributed by atoms with van der Waals surface area (Å²) >= 11 is 3.36. The van der Waals surface area contributed by atoms with E-state index in [0.717, 1.165) is 21.6 Å². The van der Waals surface area contributed by atoms with Crippen LogP contribution in [0.3, 0.4) is 0 Å². The number of ketones is 1. The van der Waals surface area contributed by atoms with Crippen LogP contribution in [0.1, 0.15) is 24.2 Å². The Bertz CT molecular complexity index is 660. The molecule has 0 aliphatic rings. The van der Waals surface area contributed by atoms with E-state index in [-0.39, 0.29) is 5.78 Å². The summed E-state index contributed by atoms with van der Waals surface area (Å²) < 4.78 is 6.35. The van der Waals surface area contributed by atoms with E-state index in [1.807, 2.05) is 50.2 Å². The van der Waals surface area contributed by atoms with Gasteiger partial charge in [0.25, 0.3) is 0 Å². The fourth-order valence-corrected chi connectivity index (χ4v) is 2.22. The van der Waals surface area contributed by atoms with E-state index >= 15 is 0 Å². The third-order valence-corrected chi connectivity index (χ3v) is 3.51. The van der Waals surface area contributed by atoms with Gasteiger partial charge in [0.2, 0.25) is 0 Å². The summed E-state index contributed by atoms with van der Waals surface area (Å²) in [5, 5.41) is 3.20. The van der Waals surface area contributed by atoms with E-state index in [4.69, 9.17) is 4.74 Å². The monoisotopic (exact) mass is 359 g/mol. The largest absolute Gasteiger partial charge is 0.494 e. The average molecular weight is 360 g/mol. The number of ether oxygens (including phenoxy) is 1. The SMILES string of the molecule is CCOc1ccc(N/C(C)=C/C(=O)c2ccc(Br)cc2)cc1. The summed E-state index contributed by atoms with van der Waals surface area (Å²) in [6.07, 6.45) is 1.60. The number of hydrogen-bond donors (Lipinski definition) is 1. The molecule has 22 heavy (non-hydrogen) atoms. The molecule has 0 unspecified atom stereocenters. The molecule has 0 fully saturated rings. The van der Waals surface area contributed by atoms with Crippen molar-refractivity contribution in [3.8, 4) is 5.75 Å². The highest BCUT2D eigenvalue weighted by Gasteiger charge is 2.03. The molecule has 0 aliphatic heterocycles. The van der Waals surface area contributed by atoms with E-state index in [2.05, 4.69) is 21.2 Å². The maximum atomic E-state index is 12.1. The Kier molecular flexibility index (Phi) is 5.78. The quantitative estimate of drug-likeness (QED) is 0.579. The average Bonchev–Trinajstić information content (AvgIpc) is 2.50. The van der Waals surface area contributed by atoms with Crippen LogP contribution in [0, 0.1) is 0 Å². The van der Waals surface area contributed by atoms with E-state index < -0.39 is 0 Å². The van der Waals surface area contributed by atoms with Crippen molar-refractivity contribution < 1.29 is 9.53 Å². The number of nitrogens with one attached hydrogen (secondary N) is 1. The molecule has 0 aliphatic carbocycles. The Morgan fingerprint density at radius 2 is 1.77 bits per heavy atom. The molecule has 2 rings (SSSR count). The molecule has 0 radical (unpaired) electrons. The molecule has 0 saturated carbocycles. The molecule has 0 saturated heterocycles. The first-order valence-corrected chi connectivity index (χ1v) is 7.86. The van der Waals surface area contributed by atoms with Crippen LogP contribution in [-0.4, -0.2) is 12.4 Å². The molecule has 0 spiro atoms. The maximum absolute atomic E-state index is 12.1. The maximum Gasteiger partial charge on any atom is 0.187 e. The van der Waals surface area contributed by atoms with E-state index in [0.29, 0.717) is 12.2 Å². The Morgan fingerprint density at radius 3 is 2.36 bits per heavy atom. The van der Waals surface area contributed by atoms with Crippen LogP contribution in [0.4, 0.5) is 5.69 Å². The summed E-state index contributed by atoms with van der Waals surface area (Å²) in [5.74, 6) is 0.809. The molecule has 4 heteroatoms. The fraction of sp³-hybridized carbons (Fsp3) is 0.167. The first-order chi connectivity index (χ1) is 10.6. The zero-order valence-electron chi connectivity index (χ0n) is 12.6. The van der Waals surface area contributed by atoms with Gasteiger partial charge < -0.3 is 10.1 Å². The van der Waals surface area contributed by atoms with Gasteiger partial charge in [-0.15, -0.1) is 0 Å². The van der Waals surface area contributed by atoms with Gasteiger partial charge in [-0.2, -0.15) is 0 Å². The highest BCUT2D eigenvalue weighted by molar-refractivity contribution is 9.10. The van der Waals surface area contributed by atoms with Crippen molar-refractivity contribution in [1.29, 1.82) is 0 Å². The van der Waals surface area contributed by atoms with Gasteiger partial charge in [-0.3, -0.25) is 4.79 Å². The number of benzene rings is 2. The Labute approximate surface area is 139 Å². The van der Waals surface area contributed by atoms with Crippen molar-refractivity contribution in [3.63, 3.8) is 0 Å². The number of hydrogen-bond acceptors (Lipinski definition) is 3. The van der Waals surface area contributed by atoms with Gasteiger partial charge in [0.15, 0.2) is 5.78 Å². The Hall–Kier alpha value is -2.07. The predicted molar refractivity (Wildman–Crippen MR) is 93.5 cm³/mol. The van der Waals surface area contributed by atoms with Crippen LogP contribution >= 0.6 is 15.9 Å². The van der Waals surface area contributed by atoms with Gasteiger partial charge in [-0.1, -0.05) is 15.9 Å². The van der Waals surface area contributed by atoms with Crippen LogP contribution in [0.2, 0.25) is 0 Å². The second kappa shape index (κ2) is 7.80. The minimum absolute atomic E-state index is 0.0246. The van der Waals surface area contributed by atoms with Crippen molar-refractivity contribution in [3.05, 3.63) is 70.3 Å². The summed E-state index contributed by atoms with van der Waals surface area (Å²) in [6, 6.07) is 15.0. The molecule has 114 valence electrons. The molecule has 2 aromatic carbocycles. The van der Waals surface area contributed by atoms with Gasteiger partial charge in [0, 0.05) is 27.5 Å². The van der Waals surface area contributed by atoms with Crippen molar-refractivity contribution in [2.75, 3.05) is 11.9 Å². The second-order valence-corrected chi connectivity index (χ2v) is 5.70. The third kappa shape index (κ3) is 4.74. The first-order valence-electron chi connectivity index (χ1n) is 7.06. The van der Waals surface area contributed by atoms with Crippen LogP contribution < -0.4 is 10.1 Å². The highest BCUT2D eigenvalue weighted by atomic mass is 79.9. The molecule has 1 N–H and O–H groups in total. The minimum Gasteiger partial charge on any atom is -0.494 e. The lowest BCUT2D eigenvalue weighted by atomic mass is 10.1. The summed E-state index contributed by atoms with van der Waals surface area (Å²) in [7, 11) is 0. The second-order valence-electron chi connectivity index (χ2n) is 4.78. The first kappa shape index (κ1) is 16.3. The van der Waals surface area contributed by atoms with E-state index in [9.17, 15) is 4.79 Å². The van der Waals surface area contributed by atoms with Gasteiger partial charge in [-0.05, 0) is 62.4 Å². The number of rotatable bonds is 6. The van der Waals surface area contributed by atoms with Crippen LogP contribution in [0.15, 0.2) is 64.8 Å². The number of anilines is 1. The molecule has 0 atom stereocenters. The van der Waals surface area contributed by atoms with Crippen LogP contribution in [-0.2, 0) is 0 Å². The van der Waals surface area contributed by atoms with Crippen molar-refractivity contribution in [2.45, 2.75) is 13.8 Å². The van der Waals surface area contributed by atoms with Gasteiger partial charge in [0.1, 0.15) is 5.75 Å². The molecule has 3 nitrogen and oxygen atoms in total. The highest BCUT2D eigenvalue weighted by Crippen LogP contribution is 2.17. The zero-order valence-corrected chi connectivity index (χ0v) is 14.2. The lowest BCUT2D eigenvalue weighted by Gasteiger charge is -2.08. The normalized spacial score (nSPS) is 11.1. The van der Waals surface area contributed by atoms with Crippen molar-refractivity contribution in [1.82, 2.24) is 0 Å². The van der Waals surface area contributed by atoms with Gasteiger partial charge >= 0.3 is 0 Å². The van der Waals surface area contributed by atoms with Crippen molar-refractivity contribution in [2.24, 2.45) is 0 Å². The summed E-state index contributed by atoms with van der Waals surface area (Å²) in [4.78, 5) is 12.1. The number of halogens is 1. The number of carbonyl (C=O) groups is 1. The molecule has 0 aromatic heterocycles. The lowest BCUT2D eigenvalue weighted by Crippen LogP contribution is -2.01. The van der Waals surface area contributed by atoms with Gasteiger partial charge in [-0.25, -0.2) is 0 Å². The van der Waals surface area contributed by atoms with E-state index in [1.54, 1.807) is 18.2 Å². The summed E-state index contributed by atoms with van der Waals surface area (Å²) in [5.41, 5.74) is 2.37. The zero-order chi connectivity index (χ0) is 15.9. The van der Waals surface area contributed by atoms with Crippen molar-refractivity contribution >= 4 is 27.4 Å². The molecule has 0 heterocycles. The molecular formula is C18H18BrNO2. The molecular weight excluding hydrogens is 342 g/mol. The molecule has 0 bridgehead atoms. The standard InChI is InChI=1S/C18H18BrNO2/c1-3-22-17-10-8-16(9-11-17)20-13(2)12-18(21)14-4-6-15(19)7-5-14/h4-12,20H,3H2,1-2H3/b13-12+. The smallest absolute Gasteiger partial charge is 0.187 e. The number of allylic oxidation sites excluding steroid dienone is 2. The van der Waals surface area contributed by atoms with Crippen LogP contribution in [0.5, 0.6) is 5.75 Å². The minimum atomic E-state index is -0.0246. The van der Waals surface area contributed by atoms with Crippen LogP contribution in [0.25, 0.3) is 0 Å². The molecule has 0 amide bonds. The predicted octanol–water partition coefficient (Wildman–Crippen LogP) is 5.05. The van der Waals surface area contributed by atoms with E-state index in [1.165, 1.54) is 0 Å². The number of carbonyl (C=O) groups excluding carboxylic acids is 1. The fourth-order valence-electron chi connectivity index (χ4n) is 1.96. The Morgan fingerprint density at radius 1 is 1.14 bits per heavy atom. The summed E-state index contributed by atoms with van der Waals surface area (Å²) in [6.45, 7) is 4.47. The Balaban J connectivity index is 2.02. The molecule has 2 aromatic rings. The lowest BCUT2D eigenvalue weighted by molar-refractivity contribution is 0.104.